The van der Waals surface area contributed by atoms with Crippen molar-refractivity contribution < 1.29 is 33.3 Å². The Hall–Kier alpha value is -5.08. The molecule has 1 aliphatic carbocycles. The monoisotopic (exact) mass is 607 g/mol. The number of hydrogen-bond acceptors (Lipinski definition) is 7. The van der Waals surface area contributed by atoms with Gasteiger partial charge in [-0.25, -0.2) is 9.59 Å². The summed E-state index contributed by atoms with van der Waals surface area (Å²) in [6.45, 7) is 6.48. The Bertz CT molecular complexity index is 1580. The molecule has 5 rings (SSSR count). The zero-order valence-corrected chi connectivity index (χ0v) is 25.5. The molecule has 1 amide bonds. The molecule has 4 aromatic carbocycles. The smallest absolute Gasteiger partial charge is 0.407 e. The summed E-state index contributed by atoms with van der Waals surface area (Å²) in [4.78, 5) is 23.3. The lowest BCUT2D eigenvalue weighted by Crippen LogP contribution is -2.29. The van der Waals surface area contributed by atoms with Crippen molar-refractivity contribution in [3.63, 3.8) is 0 Å². The van der Waals surface area contributed by atoms with Crippen molar-refractivity contribution in [1.29, 1.82) is 0 Å². The lowest BCUT2D eigenvalue weighted by atomic mass is 9.68. The van der Waals surface area contributed by atoms with Crippen molar-refractivity contribution in [1.82, 2.24) is 5.32 Å². The highest BCUT2D eigenvalue weighted by Crippen LogP contribution is 2.56. The fourth-order valence-corrected chi connectivity index (χ4v) is 5.63. The number of methoxy groups -OCH3 is 1. The number of alkyl carbamates (subject to hydrolysis) is 1. The molecule has 1 N–H and O–H groups in total. The third-order valence-electron chi connectivity index (χ3n) is 7.62. The molecule has 0 saturated carbocycles. The molecule has 232 valence electrons. The molecular weight excluding hydrogens is 570 g/mol. The number of hydrogen-bond donors (Lipinski definition) is 1. The van der Waals surface area contributed by atoms with Crippen LogP contribution in [0.4, 0.5) is 4.79 Å². The van der Waals surface area contributed by atoms with Crippen LogP contribution in [0.15, 0.2) is 109 Å². The van der Waals surface area contributed by atoms with Crippen LogP contribution >= 0.6 is 0 Å². The van der Waals surface area contributed by atoms with Crippen LogP contribution in [0.5, 0.6) is 11.5 Å². The van der Waals surface area contributed by atoms with Gasteiger partial charge in [0, 0.05) is 12.7 Å². The van der Waals surface area contributed by atoms with E-state index in [2.05, 4.69) is 84.7 Å². The Morgan fingerprint density at radius 1 is 0.667 bits per heavy atom. The van der Waals surface area contributed by atoms with Crippen LogP contribution in [0.2, 0.25) is 0 Å². The number of nitrogens with one attached hydrogen (secondary N) is 1. The first-order valence-corrected chi connectivity index (χ1v) is 14.8. The predicted molar refractivity (Wildman–Crippen MR) is 172 cm³/mol. The highest BCUT2D eigenvalue weighted by molar-refractivity contribution is 5.87. The van der Waals surface area contributed by atoms with Crippen LogP contribution in [-0.2, 0) is 24.4 Å². The molecule has 8 heteroatoms. The topological polar surface area (TPSA) is 92.3 Å². The average Bonchev–Trinajstić information content (AvgIpc) is 3.37. The number of ether oxygens (including phenoxy) is 5. The van der Waals surface area contributed by atoms with E-state index in [0.29, 0.717) is 24.5 Å². The number of carbonyl (C=O) groups is 2. The Labute approximate surface area is 263 Å². The summed E-state index contributed by atoms with van der Waals surface area (Å²) in [7, 11) is 1.66. The molecule has 0 spiro atoms. The van der Waals surface area contributed by atoms with Gasteiger partial charge < -0.3 is 29.0 Å². The van der Waals surface area contributed by atoms with Gasteiger partial charge in [0.2, 0.25) is 0 Å². The average molecular weight is 608 g/mol. The number of esters is 1. The zero-order valence-electron chi connectivity index (χ0n) is 25.5. The second kappa shape index (κ2) is 14.6. The normalized spacial score (nSPS) is 12.4. The van der Waals surface area contributed by atoms with E-state index in [4.69, 9.17) is 23.7 Å². The van der Waals surface area contributed by atoms with E-state index < -0.39 is 17.5 Å². The Morgan fingerprint density at radius 3 is 1.69 bits per heavy atom. The molecule has 0 heterocycles. The Balaban J connectivity index is 1.31. The van der Waals surface area contributed by atoms with Gasteiger partial charge in [-0.05, 0) is 64.6 Å². The van der Waals surface area contributed by atoms with E-state index >= 15 is 0 Å². The number of rotatable bonds is 14. The summed E-state index contributed by atoms with van der Waals surface area (Å²) >= 11 is 0. The summed E-state index contributed by atoms with van der Waals surface area (Å²) in [5, 5.41) is 2.53. The summed E-state index contributed by atoms with van der Waals surface area (Å²) in [6.07, 6.45) is -0.615. The maximum atomic E-state index is 11.9. The first-order valence-electron chi connectivity index (χ1n) is 14.8. The van der Waals surface area contributed by atoms with Crippen molar-refractivity contribution in [2.75, 3.05) is 46.7 Å². The fraction of sp³-hybridized carbons (Fsp3) is 0.243. The third kappa shape index (κ3) is 6.86. The number of benzene rings is 4. The molecule has 0 fully saturated rings. The van der Waals surface area contributed by atoms with E-state index in [9.17, 15) is 9.59 Å². The molecule has 0 aliphatic heterocycles. The SMILES string of the molecule is C=C(C)C(=O)OCCNC(=O)OCCOc1ccc(C2(c3ccc(OCCOC)cc3)c3ccccc3-c3ccccc32)cc1. The number of amides is 1. The summed E-state index contributed by atoms with van der Waals surface area (Å²) in [5.41, 5.74) is 6.81. The molecule has 0 radical (unpaired) electrons. The molecule has 0 saturated heterocycles. The minimum Gasteiger partial charge on any atom is -0.491 e. The molecule has 45 heavy (non-hydrogen) atoms. The third-order valence-corrected chi connectivity index (χ3v) is 7.62. The van der Waals surface area contributed by atoms with Gasteiger partial charge in [-0.15, -0.1) is 0 Å². The van der Waals surface area contributed by atoms with Crippen molar-refractivity contribution in [3.8, 4) is 22.6 Å². The van der Waals surface area contributed by atoms with Crippen LogP contribution in [0, 0.1) is 0 Å². The second-order valence-electron chi connectivity index (χ2n) is 10.6. The van der Waals surface area contributed by atoms with Gasteiger partial charge >= 0.3 is 12.1 Å². The van der Waals surface area contributed by atoms with E-state index in [-0.39, 0.29) is 26.4 Å². The summed E-state index contributed by atoms with van der Waals surface area (Å²) in [5.74, 6) is 0.945. The molecule has 1 aliphatic rings. The molecule has 8 nitrogen and oxygen atoms in total. The van der Waals surface area contributed by atoms with Gasteiger partial charge in [-0.2, -0.15) is 0 Å². The van der Waals surface area contributed by atoms with Crippen LogP contribution < -0.4 is 14.8 Å². The van der Waals surface area contributed by atoms with E-state index in [1.165, 1.54) is 22.3 Å². The van der Waals surface area contributed by atoms with Crippen molar-refractivity contribution in [2.45, 2.75) is 12.3 Å². The van der Waals surface area contributed by atoms with Gasteiger partial charge in [0.05, 0.1) is 18.6 Å². The van der Waals surface area contributed by atoms with Crippen LogP contribution in [0.1, 0.15) is 29.2 Å². The molecule has 0 unspecified atom stereocenters. The van der Waals surface area contributed by atoms with Crippen LogP contribution in [-0.4, -0.2) is 58.8 Å². The number of fused-ring (bicyclic) bond motifs is 3. The van der Waals surface area contributed by atoms with Gasteiger partial charge in [0.25, 0.3) is 0 Å². The van der Waals surface area contributed by atoms with Crippen LogP contribution in [0.3, 0.4) is 0 Å². The maximum Gasteiger partial charge on any atom is 0.407 e. The standard InChI is InChI=1S/C37H37NO7/c1-26(2)35(39)44-21-20-38-36(40)45-25-24-43-30-18-14-28(15-19-30)37(27-12-16-29(17-13-27)42-23-22-41-3)33-10-6-4-8-31(33)32-9-5-7-11-34(32)37/h4-19H,1,20-25H2,2-3H3,(H,38,40). The van der Waals surface area contributed by atoms with Crippen LogP contribution in [0.25, 0.3) is 11.1 Å². The minimum absolute atomic E-state index is 0.0341. The highest BCUT2D eigenvalue weighted by atomic mass is 16.6. The Morgan fingerprint density at radius 2 is 1.18 bits per heavy atom. The van der Waals surface area contributed by atoms with E-state index in [1.54, 1.807) is 14.0 Å². The second-order valence-corrected chi connectivity index (χ2v) is 10.6. The first-order chi connectivity index (χ1) is 21.9. The van der Waals surface area contributed by atoms with Gasteiger partial charge in [-0.3, -0.25) is 0 Å². The molecule has 0 aromatic heterocycles. The van der Waals surface area contributed by atoms with Gasteiger partial charge in [0.15, 0.2) is 0 Å². The fourth-order valence-electron chi connectivity index (χ4n) is 5.63. The largest absolute Gasteiger partial charge is 0.491 e. The van der Waals surface area contributed by atoms with Crippen molar-refractivity contribution in [3.05, 3.63) is 131 Å². The van der Waals surface area contributed by atoms with E-state index in [1.807, 2.05) is 24.3 Å². The number of carbonyl (C=O) groups excluding carboxylic acids is 2. The summed E-state index contributed by atoms with van der Waals surface area (Å²) < 4.78 is 27.0. The predicted octanol–water partition coefficient (Wildman–Crippen LogP) is 6.30. The minimum atomic E-state index is -0.615. The molecule has 0 bridgehead atoms. The van der Waals surface area contributed by atoms with E-state index in [0.717, 1.165) is 16.9 Å². The zero-order chi connectivity index (χ0) is 31.6. The first kappa shape index (κ1) is 31.3. The van der Waals surface area contributed by atoms with Gasteiger partial charge in [0.1, 0.15) is 37.9 Å². The lowest BCUT2D eigenvalue weighted by Gasteiger charge is -2.34. The maximum absolute atomic E-state index is 11.9. The van der Waals surface area contributed by atoms with Crippen molar-refractivity contribution >= 4 is 12.1 Å². The molecule has 4 aromatic rings. The van der Waals surface area contributed by atoms with Crippen molar-refractivity contribution in [2.24, 2.45) is 0 Å². The molecular formula is C37H37NO7. The summed E-state index contributed by atoms with van der Waals surface area (Å²) in [6, 6.07) is 33.5. The highest BCUT2D eigenvalue weighted by Gasteiger charge is 2.45. The molecule has 0 atom stereocenters. The van der Waals surface area contributed by atoms with Gasteiger partial charge in [-0.1, -0.05) is 79.4 Å². The quantitative estimate of drug-likeness (QED) is 0.0900. The lowest BCUT2D eigenvalue weighted by molar-refractivity contribution is -0.138. The Kier molecular flexibility index (Phi) is 10.2.